The highest BCUT2D eigenvalue weighted by molar-refractivity contribution is 5.82. The van der Waals surface area contributed by atoms with E-state index in [1.165, 1.54) is 17.2 Å². The fraction of sp³-hybridized carbons (Fsp3) is 0.533. The molecule has 0 saturated carbocycles. The summed E-state index contributed by atoms with van der Waals surface area (Å²) in [6.07, 6.45) is 0.443. The van der Waals surface area contributed by atoms with E-state index in [9.17, 15) is 15.3 Å². The van der Waals surface area contributed by atoms with Gasteiger partial charge in [-0.05, 0) is 6.92 Å². The van der Waals surface area contributed by atoms with Crippen molar-refractivity contribution in [1.82, 2.24) is 19.5 Å². The number of nitrogens with zero attached hydrogens (tertiary/aromatic N) is 4. The van der Waals surface area contributed by atoms with Gasteiger partial charge in [-0.3, -0.25) is 4.57 Å². The van der Waals surface area contributed by atoms with Crippen molar-refractivity contribution in [2.24, 2.45) is 0 Å². The van der Waals surface area contributed by atoms with Crippen LogP contribution < -0.4 is 5.32 Å². The van der Waals surface area contributed by atoms with Crippen molar-refractivity contribution in [3.8, 4) is 0 Å². The van der Waals surface area contributed by atoms with E-state index in [0.29, 0.717) is 23.5 Å². The summed E-state index contributed by atoms with van der Waals surface area (Å²) in [6.45, 7) is 1.85. The van der Waals surface area contributed by atoms with Crippen LogP contribution >= 0.6 is 0 Å². The number of aliphatic hydroxyl groups excluding tert-OH is 4. The zero-order chi connectivity index (χ0) is 18.0. The van der Waals surface area contributed by atoms with Crippen molar-refractivity contribution in [1.29, 1.82) is 0 Å². The van der Waals surface area contributed by atoms with Crippen LogP contribution in [0.4, 0.5) is 5.82 Å². The maximum Gasteiger partial charge on any atom is 0.167 e. The molecule has 0 amide bonds. The molecule has 2 aromatic rings. The standard InChI is InChI=1S/C15H21N5O5/c1-8(4-21)2-3-16-13-10-14(18-6-17-13)20(7-19-10)15-12(24)11(23)9(5-22)25-15/h2,6-7,9,11-12,15,21-24H,3-5H2,1H3,(H,16,17,18)/b8-2+/t9-,11?,12-,15-/m1/s1. The van der Waals surface area contributed by atoms with E-state index in [1.807, 2.05) is 13.0 Å². The fourth-order valence-corrected chi connectivity index (χ4v) is 2.66. The molecule has 1 fully saturated rings. The third-order valence-corrected chi connectivity index (χ3v) is 4.12. The largest absolute Gasteiger partial charge is 0.394 e. The number of imidazole rings is 1. The van der Waals surface area contributed by atoms with Gasteiger partial charge in [-0.15, -0.1) is 0 Å². The van der Waals surface area contributed by atoms with Crippen LogP contribution in [0.15, 0.2) is 24.3 Å². The molecule has 1 aliphatic heterocycles. The van der Waals surface area contributed by atoms with Gasteiger partial charge in [0.1, 0.15) is 24.6 Å². The first-order chi connectivity index (χ1) is 12.1. The smallest absolute Gasteiger partial charge is 0.167 e. The number of aliphatic hydroxyl groups is 4. The summed E-state index contributed by atoms with van der Waals surface area (Å²) < 4.78 is 7.01. The second-order valence-corrected chi connectivity index (χ2v) is 5.86. The van der Waals surface area contributed by atoms with E-state index in [2.05, 4.69) is 20.3 Å². The number of hydrogen-bond acceptors (Lipinski definition) is 9. The molecule has 3 heterocycles. The second kappa shape index (κ2) is 7.42. The Labute approximate surface area is 143 Å². The molecule has 0 aromatic carbocycles. The summed E-state index contributed by atoms with van der Waals surface area (Å²) >= 11 is 0. The first kappa shape index (κ1) is 17.7. The van der Waals surface area contributed by atoms with E-state index >= 15 is 0 Å². The Morgan fingerprint density at radius 2 is 2.08 bits per heavy atom. The summed E-state index contributed by atoms with van der Waals surface area (Å²) in [5.41, 5.74) is 1.74. The van der Waals surface area contributed by atoms with Crippen LogP contribution in [0.5, 0.6) is 0 Å². The summed E-state index contributed by atoms with van der Waals surface area (Å²) in [4.78, 5) is 12.6. The number of anilines is 1. The number of ether oxygens (including phenoxy) is 1. The van der Waals surface area contributed by atoms with Crippen LogP contribution in [0, 0.1) is 0 Å². The first-order valence-corrected chi connectivity index (χ1v) is 7.87. The Balaban J connectivity index is 1.86. The quantitative estimate of drug-likeness (QED) is 0.404. The molecule has 1 aliphatic rings. The third-order valence-electron chi connectivity index (χ3n) is 4.12. The molecule has 136 valence electrons. The topological polar surface area (TPSA) is 146 Å². The van der Waals surface area contributed by atoms with E-state index in [4.69, 9.17) is 9.84 Å². The average Bonchev–Trinajstić information content (AvgIpc) is 3.17. The Kier molecular flexibility index (Phi) is 5.25. The Morgan fingerprint density at radius 1 is 1.28 bits per heavy atom. The lowest BCUT2D eigenvalue weighted by Gasteiger charge is -2.16. The van der Waals surface area contributed by atoms with Gasteiger partial charge < -0.3 is 30.5 Å². The highest BCUT2D eigenvalue weighted by Crippen LogP contribution is 2.31. The van der Waals surface area contributed by atoms with Crippen molar-refractivity contribution in [3.05, 3.63) is 24.3 Å². The van der Waals surface area contributed by atoms with Gasteiger partial charge in [0.15, 0.2) is 23.2 Å². The molecule has 10 heteroatoms. The first-order valence-electron chi connectivity index (χ1n) is 7.87. The molecule has 1 unspecified atom stereocenters. The number of fused-ring (bicyclic) bond motifs is 1. The normalized spacial score (nSPS) is 27.2. The van der Waals surface area contributed by atoms with Gasteiger partial charge in [-0.1, -0.05) is 11.6 Å². The van der Waals surface area contributed by atoms with Crippen molar-refractivity contribution >= 4 is 17.0 Å². The van der Waals surface area contributed by atoms with Gasteiger partial charge in [-0.25, -0.2) is 15.0 Å². The summed E-state index contributed by atoms with van der Waals surface area (Å²) in [7, 11) is 0. The van der Waals surface area contributed by atoms with Crippen molar-refractivity contribution < 1.29 is 25.2 Å². The number of rotatable bonds is 6. The highest BCUT2D eigenvalue weighted by atomic mass is 16.6. The lowest BCUT2D eigenvalue weighted by molar-refractivity contribution is -0.0511. The molecule has 1 saturated heterocycles. The summed E-state index contributed by atoms with van der Waals surface area (Å²) in [5, 5.41) is 41.4. The SMILES string of the molecule is C/C(=C\CNc1ncnc2c1ncn2[C@@H]1O[C@H](CO)C(O)[C@H]1O)CO. The Hall–Kier alpha value is -2.11. The van der Waals surface area contributed by atoms with Crippen LogP contribution in [0.1, 0.15) is 13.2 Å². The molecule has 0 bridgehead atoms. The zero-order valence-electron chi connectivity index (χ0n) is 13.6. The van der Waals surface area contributed by atoms with Crippen molar-refractivity contribution in [3.63, 3.8) is 0 Å². The van der Waals surface area contributed by atoms with Crippen molar-refractivity contribution in [2.45, 2.75) is 31.5 Å². The van der Waals surface area contributed by atoms with Gasteiger partial charge in [0.2, 0.25) is 0 Å². The van der Waals surface area contributed by atoms with Gasteiger partial charge in [0, 0.05) is 6.54 Å². The van der Waals surface area contributed by atoms with E-state index in [-0.39, 0.29) is 6.61 Å². The number of nitrogens with one attached hydrogen (secondary N) is 1. The monoisotopic (exact) mass is 351 g/mol. The predicted octanol–water partition coefficient (Wildman–Crippen LogP) is -1.21. The summed E-state index contributed by atoms with van der Waals surface area (Å²) in [6, 6.07) is 0. The molecular formula is C15H21N5O5. The van der Waals surface area contributed by atoms with E-state index < -0.39 is 31.1 Å². The minimum Gasteiger partial charge on any atom is -0.394 e. The van der Waals surface area contributed by atoms with E-state index in [1.54, 1.807) is 0 Å². The zero-order valence-corrected chi connectivity index (χ0v) is 13.6. The Morgan fingerprint density at radius 3 is 2.76 bits per heavy atom. The van der Waals surface area contributed by atoms with E-state index in [0.717, 1.165) is 5.57 Å². The van der Waals surface area contributed by atoms with Crippen molar-refractivity contribution in [2.75, 3.05) is 25.1 Å². The minimum atomic E-state index is -1.21. The minimum absolute atomic E-state index is 0.0131. The highest BCUT2D eigenvalue weighted by Gasteiger charge is 2.44. The molecule has 10 nitrogen and oxygen atoms in total. The molecule has 2 aromatic heterocycles. The van der Waals surface area contributed by atoms with Crippen LogP contribution in [0.25, 0.3) is 11.2 Å². The molecule has 3 rings (SSSR count). The fourth-order valence-electron chi connectivity index (χ4n) is 2.66. The van der Waals surface area contributed by atoms with Gasteiger partial charge >= 0.3 is 0 Å². The van der Waals surface area contributed by atoms with Crippen LogP contribution in [-0.2, 0) is 4.74 Å². The lowest BCUT2D eigenvalue weighted by Crippen LogP contribution is -2.33. The average molecular weight is 351 g/mol. The molecule has 25 heavy (non-hydrogen) atoms. The number of aromatic nitrogens is 4. The van der Waals surface area contributed by atoms with Gasteiger partial charge in [0.05, 0.1) is 19.5 Å². The van der Waals surface area contributed by atoms with Gasteiger partial charge in [-0.2, -0.15) is 0 Å². The molecule has 0 radical (unpaired) electrons. The molecule has 0 aliphatic carbocycles. The third kappa shape index (κ3) is 3.34. The summed E-state index contributed by atoms with van der Waals surface area (Å²) in [5.74, 6) is 0.498. The second-order valence-electron chi connectivity index (χ2n) is 5.86. The molecule has 0 spiro atoms. The maximum absolute atomic E-state index is 10.2. The van der Waals surface area contributed by atoms with Gasteiger partial charge in [0.25, 0.3) is 0 Å². The molecule has 5 N–H and O–H groups in total. The molecular weight excluding hydrogens is 330 g/mol. The van der Waals surface area contributed by atoms with Crippen LogP contribution in [-0.4, -0.2) is 78.0 Å². The predicted molar refractivity (Wildman–Crippen MR) is 87.7 cm³/mol. The van der Waals surface area contributed by atoms with Crippen LogP contribution in [0.3, 0.4) is 0 Å². The molecule has 4 atom stereocenters. The maximum atomic E-state index is 10.2. The van der Waals surface area contributed by atoms with Crippen LogP contribution in [0.2, 0.25) is 0 Å². The number of hydrogen-bond donors (Lipinski definition) is 5. The Bertz CT molecular complexity index is 764. The lowest BCUT2D eigenvalue weighted by atomic mass is 10.1.